The Hall–Kier alpha value is -2.74. The fourth-order valence-electron chi connectivity index (χ4n) is 4.34. The topological polar surface area (TPSA) is 85.4 Å². The van der Waals surface area contributed by atoms with E-state index in [2.05, 4.69) is 34.8 Å². The molecule has 0 radical (unpaired) electrons. The van der Waals surface area contributed by atoms with Crippen LogP contribution in [0, 0.1) is 0 Å². The monoisotopic (exact) mass is 514 g/mol. The number of pyridine rings is 1. The highest BCUT2D eigenvalue weighted by Gasteiger charge is 2.32. The fraction of sp³-hybridized carbons (Fsp3) is 0.333. The van der Waals surface area contributed by atoms with Gasteiger partial charge in [0.1, 0.15) is 0 Å². The molecule has 0 amide bonds. The summed E-state index contributed by atoms with van der Waals surface area (Å²) < 4.78 is 32.4. The van der Waals surface area contributed by atoms with E-state index in [-0.39, 0.29) is 22.8 Å². The van der Waals surface area contributed by atoms with Crippen LogP contribution >= 0.6 is 11.6 Å². The molecule has 1 atom stereocenters. The first kappa shape index (κ1) is 26.9. The number of methoxy groups -OCH3 is 1. The second-order valence-corrected chi connectivity index (χ2v) is 10.6. The van der Waals surface area contributed by atoms with Gasteiger partial charge in [0.2, 0.25) is 10.0 Å². The lowest BCUT2D eigenvalue weighted by molar-refractivity contribution is -0.140. The maximum Gasteiger partial charge on any atom is 0.305 e. The summed E-state index contributed by atoms with van der Waals surface area (Å²) in [6.07, 6.45) is 6.90. The molecule has 0 aliphatic rings. The lowest BCUT2D eigenvalue weighted by Gasteiger charge is -2.34. The molecule has 0 bridgehead atoms. The molecule has 35 heavy (non-hydrogen) atoms. The highest BCUT2D eigenvalue weighted by atomic mass is 35.5. The molecule has 2 aromatic carbocycles. The van der Waals surface area contributed by atoms with E-state index in [9.17, 15) is 13.2 Å². The highest BCUT2D eigenvalue weighted by molar-refractivity contribution is 7.89. The number of carbonyl (C=O) groups is 1. The summed E-state index contributed by atoms with van der Waals surface area (Å²) in [5.74, 6) is -0.211. The van der Waals surface area contributed by atoms with Crippen LogP contribution in [0.3, 0.4) is 0 Å². The molecule has 8 heteroatoms. The van der Waals surface area contributed by atoms with Crippen molar-refractivity contribution in [2.45, 2.75) is 49.3 Å². The van der Waals surface area contributed by atoms with Crippen molar-refractivity contribution in [1.29, 1.82) is 0 Å². The quantitative estimate of drug-likeness (QED) is 0.332. The van der Waals surface area contributed by atoms with Crippen LogP contribution in [0.2, 0.25) is 5.02 Å². The smallest absolute Gasteiger partial charge is 0.305 e. The molecule has 3 rings (SSSR count). The number of hydrogen-bond acceptors (Lipinski definition) is 5. The lowest BCUT2D eigenvalue weighted by Crippen LogP contribution is -2.28. The predicted octanol–water partition coefficient (Wildman–Crippen LogP) is 5.30. The number of nitrogens with one attached hydrogen (secondary N) is 1. The molecule has 0 aliphatic heterocycles. The number of benzene rings is 2. The molecule has 1 N–H and O–H groups in total. The Labute approximate surface area is 212 Å². The molecule has 6 nitrogen and oxygen atoms in total. The van der Waals surface area contributed by atoms with Gasteiger partial charge in [0.25, 0.3) is 0 Å². The van der Waals surface area contributed by atoms with Gasteiger partial charge in [-0.15, -0.1) is 0 Å². The summed E-state index contributed by atoms with van der Waals surface area (Å²) >= 11 is 5.85. The summed E-state index contributed by atoms with van der Waals surface area (Å²) in [4.78, 5) is 16.2. The van der Waals surface area contributed by atoms with E-state index in [0.717, 1.165) is 29.5 Å². The Morgan fingerprint density at radius 2 is 1.77 bits per heavy atom. The number of aromatic nitrogens is 1. The minimum atomic E-state index is -3.59. The van der Waals surface area contributed by atoms with Crippen LogP contribution in [-0.4, -0.2) is 33.0 Å². The first-order valence-corrected chi connectivity index (χ1v) is 13.5. The third-order valence-electron chi connectivity index (χ3n) is 6.37. The number of hydrogen-bond donors (Lipinski definition) is 1. The molecular formula is C27H31ClN2O4S. The summed E-state index contributed by atoms with van der Waals surface area (Å²) in [7, 11) is -2.18. The zero-order valence-corrected chi connectivity index (χ0v) is 21.6. The number of ether oxygens (including phenoxy) is 1. The number of halogens is 1. The van der Waals surface area contributed by atoms with Crippen LogP contribution in [0.5, 0.6) is 0 Å². The Balaban J connectivity index is 1.73. The molecule has 0 aliphatic carbocycles. The van der Waals surface area contributed by atoms with E-state index in [1.165, 1.54) is 19.2 Å². The van der Waals surface area contributed by atoms with Gasteiger partial charge in [0.15, 0.2) is 0 Å². The van der Waals surface area contributed by atoms with Crippen LogP contribution < -0.4 is 4.72 Å². The predicted molar refractivity (Wildman–Crippen MR) is 138 cm³/mol. The van der Waals surface area contributed by atoms with E-state index in [0.29, 0.717) is 24.3 Å². The molecule has 186 valence electrons. The fourth-order valence-corrected chi connectivity index (χ4v) is 5.50. The maximum absolute atomic E-state index is 12.5. The largest absolute Gasteiger partial charge is 0.469 e. The van der Waals surface area contributed by atoms with Crippen LogP contribution in [0.25, 0.3) is 0 Å². The maximum atomic E-state index is 12.5. The van der Waals surface area contributed by atoms with E-state index in [1.807, 2.05) is 24.4 Å². The molecule has 3 aromatic rings. The van der Waals surface area contributed by atoms with Crippen molar-refractivity contribution in [3.05, 3.63) is 94.8 Å². The molecule has 0 saturated heterocycles. The van der Waals surface area contributed by atoms with Crippen LogP contribution in [0.1, 0.15) is 49.3 Å². The number of carbonyl (C=O) groups excluding carboxylic acids is 1. The molecule has 1 aromatic heterocycles. The third-order valence-corrected chi connectivity index (χ3v) is 8.09. The van der Waals surface area contributed by atoms with Crippen molar-refractivity contribution < 1.29 is 17.9 Å². The minimum absolute atomic E-state index is 0.188. The van der Waals surface area contributed by atoms with Gasteiger partial charge in [-0.25, -0.2) is 13.1 Å². The van der Waals surface area contributed by atoms with E-state index in [4.69, 9.17) is 16.3 Å². The third kappa shape index (κ3) is 6.90. The Morgan fingerprint density at radius 3 is 2.37 bits per heavy atom. The van der Waals surface area contributed by atoms with Gasteiger partial charge in [-0.3, -0.25) is 9.78 Å². The van der Waals surface area contributed by atoms with Gasteiger partial charge in [0.05, 0.1) is 12.0 Å². The molecular weight excluding hydrogens is 484 g/mol. The van der Waals surface area contributed by atoms with Crippen LogP contribution in [0.4, 0.5) is 0 Å². The minimum Gasteiger partial charge on any atom is -0.469 e. The van der Waals surface area contributed by atoms with E-state index < -0.39 is 10.0 Å². The molecule has 1 heterocycles. The summed E-state index contributed by atoms with van der Waals surface area (Å²) in [6.45, 7) is 2.43. The summed E-state index contributed by atoms with van der Waals surface area (Å²) in [5, 5.41) is 0.490. The van der Waals surface area contributed by atoms with E-state index in [1.54, 1.807) is 18.3 Å². The number of rotatable bonds is 12. The van der Waals surface area contributed by atoms with Gasteiger partial charge in [-0.05, 0) is 72.7 Å². The zero-order valence-electron chi connectivity index (χ0n) is 20.0. The van der Waals surface area contributed by atoms with Gasteiger partial charge in [-0.2, -0.15) is 0 Å². The highest BCUT2D eigenvalue weighted by Crippen LogP contribution is 2.40. The van der Waals surface area contributed by atoms with Gasteiger partial charge >= 0.3 is 5.97 Å². The Kier molecular flexibility index (Phi) is 9.43. The number of sulfonamides is 1. The SMILES string of the molecule is CCC(CCCC(=O)OC)(c1ccc(CCNS(=O)(=O)c2ccc(Cl)cc2)cc1)c1cccnc1. The zero-order chi connectivity index (χ0) is 25.3. The van der Waals surface area contributed by atoms with Gasteiger partial charge in [-0.1, -0.05) is 48.9 Å². The first-order valence-electron chi connectivity index (χ1n) is 11.6. The van der Waals surface area contributed by atoms with Gasteiger partial charge in [0, 0.05) is 35.8 Å². The van der Waals surface area contributed by atoms with Crippen molar-refractivity contribution in [1.82, 2.24) is 9.71 Å². The second-order valence-electron chi connectivity index (χ2n) is 8.41. The molecule has 0 spiro atoms. The van der Waals surface area contributed by atoms with E-state index >= 15 is 0 Å². The molecule has 0 fully saturated rings. The summed E-state index contributed by atoms with van der Waals surface area (Å²) in [6, 6.07) is 18.4. The van der Waals surface area contributed by atoms with Crippen LogP contribution in [-0.2, 0) is 31.4 Å². The number of esters is 1. The molecule has 1 unspecified atom stereocenters. The first-order chi connectivity index (χ1) is 16.8. The normalized spacial score (nSPS) is 13.2. The standard InChI is InChI=1S/C27H31ClN2O4S/c1-3-27(17-4-7-26(31)34-2,23-6-5-18-29-20-23)22-10-8-21(9-11-22)16-19-30-35(32,33)25-14-12-24(28)13-15-25/h5-6,8-15,18,20,30H,3-4,7,16-17,19H2,1-2H3. The average Bonchev–Trinajstić information content (AvgIpc) is 2.88. The van der Waals surface area contributed by atoms with Crippen molar-refractivity contribution in [2.75, 3.05) is 13.7 Å². The Bertz CT molecular complexity index is 1200. The van der Waals surface area contributed by atoms with Gasteiger partial charge < -0.3 is 4.74 Å². The summed E-state index contributed by atoms with van der Waals surface area (Å²) in [5.41, 5.74) is 2.99. The number of nitrogens with zero attached hydrogens (tertiary/aromatic N) is 1. The van der Waals surface area contributed by atoms with Crippen molar-refractivity contribution >= 4 is 27.6 Å². The lowest BCUT2D eigenvalue weighted by atomic mass is 9.69. The average molecular weight is 515 g/mol. The van der Waals surface area contributed by atoms with Crippen molar-refractivity contribution in [3.63, 3.8) is 0 Å². The molecule has 0 saturated carbocycles. The van der Waals surface area contributed by atoms with Crippen LogP contribution in [0.15, 0.2) is 78.0 Å². The van der Waals surface area contributed by atoms with Crippen molar-refractivity contribution in [3.8, 4) is 0 Å². The Morgan fingerprint density at radius 1 is 1.06 bits per heavy atom. The van der Waals surface area contributed by atoms with Crippen molar-refractivity contribution in [2.24, 2.45) is 0 Å². The second kappa shape index (κ2) is 12.3.